The van der Waals surface area contributed by atoms with Crippen LogP contribution in [-0.2, 0) is 4.79 Å². The van der Waals surface area contributed by atoms with E-state index < -0.39 is 0 Å². The van der Waals surface area contributed by atoms with Gasteiger partial charge in [0.2, 0.25) is 0 Å². The van der Waals surface area contributed by atoms with Gasteiger partial charge in [0.15, 0.2) is 0 Å². The molecule has 0 bridgehead atoms. The van der Waals surface area contributed by atoms with Crippen molar-refractivity contribution in [3.8, 4) is 11.8 Å². The average Bonchev–Trinajstić information content (AvgIpc) is 2.01. The summed E-state index contributed by atoms with van der Waals surface area (Å²) in [6.07, 6.45) is 1.74. The molecule has 0 aromatic heterocycles. The SMILES string of the molecule is CCC#CCC(=O)CCC(C)O. The molecule has 12 heavy (non-hydrogen) atoms. The maximum Gasteiger partial charge on any atom is 0.144 e. The third-order valence-electron chi connectivity index (χ3n) is 1.43. The maximum absolute atomic E-state index is 11.0. The molecule has 2 heteroatoms. The van der Waals surface area contributed by atoms with Crippen molar-refractivity contribution in [1.29, 1.82) is 0 Å². The minimum Gasteiger partial charge on any atom is -0.393 e. The van der Waals surface area contributed by atoms with E-state index in [1.165, 1.54) is 0 Å². The lowest BCUT2D eigenvalue weighted by atomic mass is 10.1. The first-order valence-corrected chi connectivity index (χ1v) is 4.32. The molecular weight excluding hydrogens is 152 g/mol. The summed E-state index contributed by atoms with van der Waals surface area (Å²) < 4.78 is 0. The zero-order valence-corrected chi connectivity index (χ0v) is 7.76. The first kappa shape index (κ1) is 11.2. The number of aliphatic hydroxyl groups excluding tert-OH is 1. The highest BCUT2D eigenvalue weighted by Gasteiger charge is 2.01. The molecule has 0 aliphatic carbocycles. The molecular formula is C10H16O2. The largest absolute Gasteiger partial charge is 0.393 e. The maximum atomic E-state index is 11.0. The number of hydrogen-bond donors (Lipinski definition) is 1. The van der Waals surface area contributed by atoms with Gasteiger partial charge in [-0.3, -0.25) is 4.79 Å². The Morgan fingerprint density at radius 1 is 1.50 bits per heavy atom. The van der Waals surface area contributed by atoms with Crippen LogP contribution >= 0.6 is 0 Å². The van der Waals surface area contributed by atoms with E-state index in [4.69, 9.17) is 5.11 Å². The Balaban J connectivity index is 3.47. The van der Waals surface area contributed by atoms with Gasteiger partial charge in [-0.15, -0.1) is 5.92 Å². The average molecular weight is 168 g/mol. The number of rotatable bonds is 4. The van der Waals surface area contributed by atoms with Gasteiger partial charge in [-0.05, 0) is 13.3 Å². The van der Waals surface area contributed by atoms with Crippen LogP contribution in [0.2, 0.25) is 0 Å². The van der Waals surface area contributed by atoms with Crippen molar-refractivity contribution in [2.24, 2.45) is 0 Å². The molecule has 0 radical (unpaired) electrons. The zero-order valence-electron chi connectivity index (χ0n) is 7.76. The van der Waals surface area contributed by atoms with Crippen molar-refractivity contribution < 1.29 is 9.90 Å². The minimum atomic E-state index is -0.381. The number of carbonyl (C=O) groups is 1. The fraction of sp³-hybridized carbons (Fsp3) is 0.700. The van der Waals surface area contributed by atoms with Crippen LogP contribution in [0.3, 0.4) is 0 Å². The number of Topliss-reactive ketones (excluding diaryl/α,β-unsaturated/α-hetero) is 1. The first-order chi connectivity index (χ1) is 5.66. The normalized spacial score (nSPS) is 11.6. The van der Waals surface area contributed by atoms with Crippen LogP contribution in [0.15, 0.2) is 0 Å². The highest BCUT2D eigenvalue weighted by atomic mass is 16.3. The molecule has 0 aliphatic heterocycles. The summed E-state index contributed by atoms with van der Waals surface area (Å²) in [5.74, 6) is 5.73. The van der Waals surface area contributed by atoms with E-state index in [1.54, 1.807) is 6.92 Å². The fourth-order valence-electron chi connectivity index (χ4n) is 0.744. The fourth-order valence-corrected chi connectivity index (χ4v) is 0.744. The molecule has 0 rings (SSSR count). The second-order valence-electron chi connectivity index (χ2n) is 2.81. The van der Waals surface area contributed by atoms with Crippen LogP contribution in [0, 0.1) is 11.8 Å². The summed E-state index contributed by atoms with van der Waals surface area (Å²) >= 11 is 0. The van der Waals surface area contributed by atoms with Gasteiger partial charge in [0.1, 0.15) is 5.78 Å². The molecule has 0 aromatic rings. The Morgan fingerprint density at radius 2 is 2.17 bits per heavy atom. The van der Waals surface area contributed by atoms with E-state index in [0.717, 1.165) is 6.42 Å². The van der Waals surface area contributed by atoms with Crippen molar-refractivity contribution in [2.75, 3.05) is 0 Å². The zero-order chi connectivity index (χ0) is 9.40. The van der Waals surface area contributed by atoms with Gasteiger partial charge in [0.05, 0.1) is 12.5 Å². The Labute approximate surface area is 74.0 Å². The Kier molecular flexibility index (Phi) is 6.41. The molecule has 0 fully saturated rings. The van der Waals surface area contributed by atoms with Gasteiger partial charge in [0.25, 0.3) is 0 Å². The Hall–Kier alpha value is -0.810. The molecule has 0 aliphatic rings. The van der Waals surface area contributed by atoms with E-state index in [1.807, 2.05) is 6.92 Å². The number of ketones is 1. The van der Waals surface area contributed by atoms with E-state index in [0.29, 0.717) is 19.3 Å². The predicted molar refractivity (Wildman–Crippen MR) is 48.6 cm³/mol. The van der Waals surface area contributed by atoms with Crippen molar-refractivity contribution in [2.45, 2.75) is 45.6 Å². The smallest absolute Gasteiger partial charge is 0.144 e. The predicted octanol–water partition coefficient (Wildman–Crippen LogP) is 1.52. The quantitative estimate of drug-likeness (QED) is 0.646. The molecule has 0 aromatic carbocycles. The van der Waals surface area contributed by atoms with Crippen LogP contribution in [0.25, 0.3) is 0 Å². The Bertz CT molecular complexity index is 184. The van der Waals surface area contributed by atoms with Crippen LogP contribution < -0.4 is 0 Å². The molecule has 1 unspecified atom stereocenters. The third kappa shape index (κ3) is 7.30. The van der Waals surface area contributed by atoms with Crippen LogP contribution in [0.1, 0.15) is 39.5 Å². The van der Waals surface area contributed by atoms with Crippen molar-refractivity contribution >= 4 is 5.78 Å². The van der Waals surface area contributed by atoms with E-state index in [2.05, 4.69) is 11.8 Å². The van der Waals surface area contributed by atoms with Gasteiger partial charge in [-0.25, -0.2) is 0 Å². The van der Waals surface area contributed by atoms with E-state index in [9.17, 15) is 4.79 Å². The second-order valence-corrected chi connectivity index (χ2v) is 2.81. The van der Waals surface area contributed by atoms with Gasteiger partial charge in [-0.1, -0.05) is 12.8 Å². The van der Waals surface area contributed by atoms with E-state index in [-0.39, 0.29) is 11.9 Å². The van der Waals surface area contributed by atoms with Gasteiger partial charge >= 0.3 is 0 Å². The molecule has 0 amide bonds. The van der Waals surface area contributed by atoms with Gasteiger partial charge in [0, 0.05) is 12.8 Å². The summed E-state index contributed by atoms with van der Waals surface area (Å²) in [4.78, 5) is 11.0. The van der Waals surface area contributed by atoms with Crippen molar-refractivity contribution in [3.63, 3.8) is 0 Å². The van der Waals surface area contributed by atoms with E-state index >= 15 is 0 Å². The molecule has 0 saturated heterocycles. The molecule has 0 heterocycles. The number of hydrogen-bond acceptors (Lipinski definition) is 2. The highest BCUT2D eigenvalue weighted by molar-refractivity contribution is 5.80. The topological polar surface area (TPSA) is 37.3 Å². The van der Waals surface area contributed by atoms with Crippen LogP contribution in [0.4, 0.5) is 0 Å². The first-order valence-electron chi connectivity index (χ1n) is 4.32. The summed E-state index contributed by atoms with van der Waals surface area (Å²) in [5.41, 5.74) is 0. The van der Waals surface area contributed by atoms with Crippen LogP contribution in [0.5, 0.6) is 0 Å². The van der Waals surface area contributed by atoms with Crippen molar-refractivity contribution in [3.05, 3.63) is 0 Å². The van der Waals surface area contributed by atoms with Gasteiger partial charge < -0.3 is 5.11 Å². The third-order valence-corrected chi connectivity index (χ3v) is 1.43. The standard InChI is InChI=1S/C10H16O2/c1-3-4-5-6-10(12)8-7-9(2)11/h9,11H,3,6-8H2,1-2H3. The number of carbonyl (C=O) groups excluding carboxylic acids is 1. The van der Waals surface area contributed by atoms with Crippen molar-refractivity contribution in [1.82, 2.24) is 0 Å². The second kappa shape index (κ2) is 6.87. The van der Waals surface area contributed by atoms with Crippen LogP contribution in [-0.4, -0.2) is 17.0 Å². The molecule has 0 saturated carbocycles. The lowest BCUT2D eigenvalue weighted by Gasteiger charge is -1.99. The summed E-state index contributed by atoms with van der Waals surface area (Å²) in [6, 6.07) is 0. The molecule has 1 N–H and O–H groups in total. The summed E-state index contributed by atoms with van der Waals surface area (Å²) in [7, 11) is 0. The summed E-state index contributed by atoms with van der Waals surface area (Å²) in [5, 5.41) is 8.88. The highest BCUT2D eigenvalue weighted by Crippen LogP contribution is 1.98. The molecule has 68 valence electrons. The molecule has 1 atom stereocenters. The lowest BCUT2D eigenvalue weighted by molar-refractivity contribution is -0.118. The Morgan fingerprint density at radius 3 is 2.67 bits per heavy atom. The molecule has 0 spiro atoms. The molecule has 2 nitrogen and oxygen atoms in total. The summed E-state index contributed by atoms with van der Waals surface area (Å²) in [6.45, 7) is 3.64. The van der Waals surface area contributed by atoms with Gasteiger partial charge in [-0.2, -0.15) is 0 Å². The monoisotopic (exact) mass is 168 g/mol. The number of aliphatic hydroxyl groups is 1. The lowest BCUT2D eigenvalue weighted by Crippen LogP contribution is -2.04. The minimum absolute atomic E-state index is 0.122.